The molecule has 0 aliphatic carbocycles. The number of rotatable bonds is 5. The average Bonchev–Trinajstić information content (AvgIpc) is 2.66. The van der Waals surface area contributed by atoms with Gasteiger partial charge in [-0.15, -0.1) is 25.6 Å². The zero-order valence-corrected chi connectivity index (χ0v) is 16.5. The molecule has 0 atom stereocenters. The summed E-state index contributed by atoms with van der Waals surface area (Å²) in [6.07, 6.45) is -7.67. The molecule has 0 radical (unpaired) electrons. The van der Waals surface area contributed by atoms with Gasteiger partial charge in [0.2, 0.25) is 0 Å². The largest absolute Gasteiger partial charge is 0.573 e. The van der Waals surface area contributed by atoms with Gasteiger partial charge in [0.05, 0.1) is 12.2 Å². The molecule has 1 aliphatic rings. The van der Waals surface area contributed by atoms with Crippen molar-refractivity contribution in [2.75, 3.05) is 19.7 Å². The highest BCUT2D eigenvalue weighted by atomic mass is 35.5. The minimum Gasteiger partial charge on any atom is -0.489 e. The summed E-state index contributed by atoms with van der Waals surface area (Å²) in [6.45, 7) is 1.85. The Balaban J connectivity index is 0.00000320. The summed E-state index contributed by atoms with van der Waals surface area (Å²) in [5.41, 5.74) is 0.0393. The fraction of sp³-hybridized carbons (Fsp3) is 0.400. The van der Waals surface area contributed by atoms with E-state index in [1.807, 2.05) is 0 Å². The van der Waals surface area contributed by atoms with Crippen LogP contribution in [0.5, 0.6) is 11.5 Å². The number of nitrogens with one attached hydrogen (secondary N) is 1. The second-order valence-electron chi connectivity index (χ2n) is 6.79. The van der Waals surface area contributed by atoms with Crippen LogP contribution < -0.4 is 14.8 Å². The first kappa shape index (κ1) is 24.1. The molecular weight excluding hydrogens is 436 g/mol. The topological polar surface area (TPSA) is 30.5 Å². The van der Waals surface area contributed by atoms with Crippen molar-refractivity contribution < 1.29 is 35.8 Å². The molecule has 0 saturated carbocycles. The minimum absolute atomic E-state index is 0. The van der Waals surface area contributed by atoms with Crippen LogP contribution in [0.4, 0.5) is 26.3 Å². The van der Waals surface area contributed by atoms with Crippen LogP contribution in [0.2, 0.25) is 0 Å². The first-order chi connectivity index (χ1) is 13.6. The van der Waals surface area contributed by atoms with Gasteiger partial charge in [0, 0.05) is 0 Å². The molecule has 0 unspecified atom stereocenters. The molecule has 1 fully saturated rings. The average molecular weight is 456 g/mol. The highest BCUT2D eigenvalue weighted by Crippen LogP contribution is 2.37. The monoisotopic (exact) mass is 455 g/mol. The Morgan fingerprint density at radius 3 is 2.00 bits per heavy atom. The van der Waals surface area contributed by atoms with Gasteiger partial charge in [-0.2, -0.15) is 13.2 Å². The molecule has 3 nitrogen and oxygen atoms in total. The Bertz CT molecular complexity index is 818. The quantitative estimate of drug-likeness (QED) is 0.555. The molecule has 1 saturated heterocycles. The van der Waals surface area contributed by atoms with E-state index < -0.39 is 23.9 Å². The van der Waals surface area contributed by atoms with Gasteiger partial charge in [-0.3, -0.25) is 0 Å². The molecule has 0 amide bonds. The van der Waals surface area contributed by atoms with E-state index in [1.165, 1.54) is 24.3 Å². The van der Waals surface area contributed by atoms with Crippen LogP contribution in [-0.2, 0) is 6.18 Å². The van der Waals surface area contributed by atoms with E-state index in [-0.39, 0.29) is 30.7 Å². The molecule has 166 valence electrons. The molecule has 2 aromatic rings. The summed E-state index contributed by atoms with van der Waals surface area (Å²) in [5.74, 6) is -0.384. The van der Waals surface area contributed by atoms with Gasteiger partial charge in [-0.05, 0) is 67.2 Å². The summed E-state index contributed by atoms with van der Waals surface area (Å²) in [5, 5.41) is 3.19. The highest BCUT2D eigenvalue weighted by molar-refractivity contribution is 5.85. The number of alkyl halides is 6. The van der Waals surface area contributed by atoms with Gasteiger partial charge in [0.25, 0.3) is 0 Å². The Morgan fingerprint density at radius 2 is 1.43 bits per heavy atom. The molecule has 0 bridgehead atoms. The maximum absolute atomic E-state index is 12.7. The lowest BCUT2D eigenvalue weighted by atomic mass is 9.99. The number of ether oxygens (including phenoxy) is 2. The van der Waals surface area contributed by atoms with Gasteiger partial charge in [-0.25, -0.2) is 0 Å². The van der Waals surface area contributed by atoms with E-state index in [9.17, 15) is 26.3 Å². The zero-order chi connectivity index (χ0) is 21.1. The third-order valence-corrected chi connectivity index (χ3v) is 4.65. The fourth-order valence-corrected chi connectivity index (χ4v) is 3.12. The van der Waals surface area contributed by atoms with Crippen LogP contribution in [0.25, 0.3) is 11.1 Å². The maximum Gasteiger partial charge on any atom is 0.573 e. The van der Waals surface area contributed by atoms with E-state index in [2.05, 4.69) is 10.1 Å². The summed E-state index contributed by atoms with van der Waals surface area (Å²) >= 11 is 0. The Labute approximate surface area is 175 Å². The van der Waals surface area contributed by atoms with E-state index in [1.54, 1.807) is 0 Å². The van der Waals surface area contributed by atoms with Crippen molar-refractivity contribution in [3.63, 3.8) is 0 Å². The maximum atomic E-state index is 12.7. The van der Waals surface area contributed by atoms with Crippen molar-refractivity contribution in [2.24, 2.45) is 5.92 Å². The van der Waals surface area contributed by atoms with Gasteiger partial charge >= 0.3 is 12.5 Å². The lowest BCUT2D eigenvalue weighted by Crippen LogP contribution is -2.30. The van der Waals surface area contributed by atoms with Crippen LogP contribution in [0, 0.1) is 5.92 Å². The van der Waals surface area contributed by atoms with E-state index >= 15 is 0 Å². The van der Waals surface area contributed by atoms with Crippen LogP contribution in [-0.4, -0.2) is 26.1 Å². The second kappa shape index (κ2) is 9.78. The highest BCUT2D eigenvalue weighted by Gasteiger charge is 2.33. The van der Waals surface area contributed by atoms with Crippen LogP contribution in [0.3, 0.4) is 0 Å². The third kappa shape index (κ3) is 6.70. The first-order valence-electron chi connectivity index (χ1n) is 9.03. The van der Waals surface area contributed by atoms with Crippen molar-refractivity contribution in [3.8, 4) is 22.6 Å². The standard InChI is InChI=1S/C20H19F6NO2.ClH/c21-19(22,23)16-4-1-14(2-5-16)15-3-6-17(29-20(24,25)26)18(11-15)28-12-13-7-9-27-10-8-13;/h1-6,11,13,27H,7-10,12H2;1H. The molecule has 1 aliphatic heterocycles. The summed E-state index contributed by atoms with van der Waals surface area (Å²) in [6, 6.07) is 8.18. The lowest BCUT2D eigenvalue weighted by molar-refractivity contribution is -0.275. The van der Waals surface area contributed by atoms with Crippen LogP contribution >= 0.6 is 12.4 Å². The van der Waals surface area contributed by atoms with Gasteiger partial charge in [0.15, 0.2) is 11.5 Å². The smallest absolute Gasteiger partial charge is 0.489 e. The third-order valence-electron chi connectivity index (χ3n) is 4.65. The van der Waals surface area contributed by atoms with Crippen LogP contribution in [0.1, 0.15) is 18.4 Å². The fourth-order valence-electron chi connectivity index (χ4n) is 3.12. The van der Waals surface area contributed by atoms with Gasteiger partial charge in [0.1, 0.15) is 0 Å². The summed E-state index contributed by atoms with van der Waals surface area (Å²) in [7, 11) is 0. The Morgan fingerprint density at radius 1 is 0.833 bits per heavy atom. The minimum atomic E-state index is -4.89. The van der Waals surface area contributed by atoms with Crippen molar-refractivity contribution >= 4 is 12.4 Å². The molecule has 3 rings (SSSR count). The number of benzene rings is 2. The van der Waals surface area contributed by atoms with E-state index in [4.69, 9.17) is 4.74 Å². The number of halogens is 7. The van der Waals surface area contributed by atoms with E-state index in [0.29, 0.717) is 11.1 Å². The van der Waals surface area contributed by atoms with Crippen molar-refractivity contribution in [2.45, 2.75) is 25.4 Å². The van der Waals surface area contributed by atoms with Crippen molar-refractivity contribution in [1.82, 2.24) is 5.32 Å². The molecule has 2 aromatic carbocycles. The van der Waals surface area contributed by atoms with Crippen molar-refractivity contribution in [3.05, 3.63) is 48.0 Å². The SMILES string of the molecule is Cl.FC(F)(F)Oc1ccc(-c2ccc(C(F)(F)F)cc2)cc1OCC1CCNCC1. The zero-order valence-electron chi connectivity index (χ0n) is 15.6. The van der Waals surface area contributed by atoms with E-state index in [0.717, 1.165) is 44.1 Å². The van der Waals surface area contributed by atoms with Crippen molar-refractivity contribution in [1.29, 1.82) is 0 Å². The molecule has 0 spiro atoms. The predicted molar refractivity (Wildman–Crippen MR) is 102 cm³/mol. The Hall–Kier alpha value is -2.13. The molecule has 30 heavy (non-hydrogen) atoms. The number of hydrogen-bond acceptors (Lipinski definition) is 3. The molecule has 1 N–H and O–H groups in total. The van der Waals surface area contributed by atoms with Gasteiger partial charge in [-0.1, -0.05) is 18.2 Å². The predicted octanol–water partition coefficient (Wildman–Crippen LogP) is 6.07. The molecule has 10 heteroatoms. The lowest BCUT2D eigenvalue weighted by Gasteiger charge is -2.23. The first-order valence-corrected chi connectivity index (χ1v) is 9.03. The molecule has 1 heterocycles. The summed E-state index contributed by atoms with van der Waals surface area (Å²) < 4.78 is 86.0. The Kier molecular flexibility index (Phi) is 7.87. The number of hydrogen-bond donors (Lipinski definition) is 1. The number of piperidine rings is 1. The van der Waals surface area contributed by atoms with Crippen LogP contribution in [0.15, 0.2) is 42.5 Å². The molecular formula is C20H20ClF6NO2. The van der Waals surface area contributed by atoms with Gasteiger partial charge < -0.3 is 14.8 Å². The molecule has 0 aromatic heterocycles. The summed E-state index contributed by atoms with van der Waals surface area (Å²) in [4.78, 5) is 0. The normalized spacial score (nSPS) is 15.4. The second-order valence-corrected chi connectivity index (χ2v) is 6.79.